The molecule has 1 saturated heterocycles. The minimum absolute atomic E-state index is 0.0603. The van der Waals surface area contributed by atoms with Crippen LogP contribution in [0.3, 0.4) is 0 Å². The van der Waals surface area contributed by atoms with Crippen LogP contribution in [0.2, 0.25) is 0 Å². The fourth-order valence-corrected chi connectivity index (χ4v) is 3.05. The molecule has 1 aliphatic heterocycles. The number of rotatable bonds is 1. The second-order valence-corrected chi connectivity index (χ2v) is 7.00. The van der Waals surface area contributed by atoms with Gasteiger partial charge in [-0.2, -0.15) is 0 Å². The number of halogens is 1. The van der Waals surface area contributed by atoms with Gasteiger partial charge in [0.1, 0.15) is 0 Å². The van der Waals surface area contributed by atoms with Crippen molar-refractivity contribution in [3.05, 3.63) is 28.2 Å². The number of amides is 1. The van der Waals surface area contributed by atoms with Gasteiger partial charge in [-0.25, -0.2) is 0 Å². The molecule has 1 N–H and O–H groups in total. The molecule has 1 heterocycles. The maximum Gasteiger partial charge on any atom is 0.243 e. The van der Waals surface area contributed by atoms with Gasteiger partial charge in [0.15, 0.2) is 0 Å². The number of anilines is 1. The molecule has 0 saturated carbocycles. The van der Waals surface area contributed by atoms with Crippen LogP contribution in [0.4, 0.5) is 5.69 Å². The van der Waals surface area contributed by atoms with Crippen LogP contribution in [0.5, 0.6) is 0 Å². The third-order valence-corrected chi connectivity index (χ3v) is 4.14. The van der Waals surface area contributed by atoms with Gasteiger partial charge in [-0.15, -0.1) is 0 Å². The van der Waals surface area contributed by atoms with Gasteiger partial charge in [0.25, 0.3) is 0 Å². The standard InChI is InChI=1S/C15H21BrN2O/c1-10-5-6-13(12(16)7-10)18-9-15(3,4)8-17-11(2)14(18)19/h5-7,11,17H,8-9H2,1-4H3. The summed E-state index contributed by atoms with van der Waals surface area (Å²) in [5.74, 6) is 0.134. The molecule has 3 nitrogen and oxygen atoms in total. The Hall–Kier alpha value is -0.870. The van der Waals surface area contributed by atoms with Crippen molar-refractivity contribution in [2.75, 3.05) is 18.0 Å². The number of nitrogens with one attached hydrogen (secondary N) is 1. The molecule has 19 heavy (non-hydrogen) atoms. The lowest BCUT2D eigenvalue weighted by atomic mass is 9.93. The lowest BCUT2D eigenvalue weighted by Gasteiger charge is -2.30. The van der Waals surface area contributed by atoms with Crippen LogP contribution in [0.25, 0.3) is 0 Å². The van der Waals surface area contributed by atoms with Gasteiger partial charge >= 0.3 is 0 Å². The number of nitrogens with zero attached hydrogens (tertiary/aromatic N) is 1. The summed E-state index contributed by atoms with van der Waals surface area (Å²) in [6.45, 7) is 9.91. The zero-order valence-electron chi connectivity index (χ0n) is 12.0. The highest BCUT2D eigenvalue weighted by Crippen LogP contribution is 2.31. The molecule has 104 valence electrons. The Balaban J connectivity index is 2.41. The van der Waals surface area contributed by atoms with Crippen LogP contribution < -0.4 is 10.2 Å². The highest BCUT2D eigenvalue weighted by molar-refractivity contribution is 9.10. The Morgan fingerprint density at radius 2 is 2.11 bits per heavy atom. The third-order valence-electron chi connectivity index (χ3n) is 3.50. The van der Waals surface area contributed by atoms with Crippen molar-refractivity contribution in [2.24, 2.45) is 5.41 Å². The van der Waals surface area contributed by atoms with Gasteiger partial charge in [-0.05, 0) is 52.9 Å². The van der Waals surface area contributed by atoms with Crippen molar-refractivity contribution in [1.82, 2.24) is 5.32 Å². The Morgan fingerprint density at radius 3 is 2.74 bits per heavy atom. The number of benzene rings is 1. The lowest BCUT2D eigenvalue weighted by Crippen LogP contribution is -2.42. The maximum absolute atomic E-state index is 12.5. The highest BCUT2D eigenvalue weighted by atomic mass is 79.9. The van der Waals surface area contributed by atoms with Crippen LogP contribution >= 0.6 is 15.9 Å². The first-order valence-electron chi connectivity index (χ1n) is 6.61. The lowest BCUT2D eigenvalue weighted by molar-refractivity contribution is -0.119. The smallest absolute Gasteiger partial charge is 0.243 e. The van der Waals surface area contributed by atoms with Crippen LogP contribution in [0, 0.1) is 12.3 Å². The largest absolute Gasteiger partial charge is 0.309 e. The Bertz CT molecular complexity index is 499. The molecule has 1 amide bonds. The fraction of sp³-hybridized carbons (Fsp3) is 0.533. The summed E-state index contributed by atoms with van der Waals surface area (Å²) in [6.07, 6.45) is 0. The SMILES string of the molecule is Cc1ccc(N2CC(C)(C)CNC(C)C2=O)c(Br)c1. The first-order valence-corrected chi connectivity index (χ1v) is 7.40. The molecule has 0 aliphatic carbocycles. The van der Waals surface area contributed by atoms with E-state index in [0.29, 0.717) is 0 Å². The first-order chi connectivity index (χ1) is 8.80. The molecule has 0 bridgehead atoms. The van der Waals surface area contributed by atoms with Gasteiger partial charge in [0.2, 0.25) is 5.91 Å². The normalized spacial score (nSPS) is 23.3. The van der Waals surface area contributed by atoms with Crippen LogP contribution in [-0.4, -0.2) is 25.0 Å². The van der Waals surface area contributed by atoms with Crippen LogP contribution in [0.1, 0.15) is 26.3 Å². The number of aryl methyl sites for hydroxylation is 1. The summed E-state index contributed by atoms with van der Waals surface area (Å²) < 4.78 is 0.978. The van der Waals surface area contributed by atoms with E-state index in [-0.39, 0.29) is 17.4 Å². The molecule has 2 rings (SSSR count). The van der Waals surface area contributed by atoms with Gasteiger partial charge in [0.05, 0.1) is 11.7 Å². The van der Waals surface area contributed by atoms with Crippen molar-refractivity contribution in [1.29, 1.82) is 0 Å². The highest BCUT2D eigenvalue weighted by Gasteiger charge is 2.33. The molecule has 1 fully saturated rings. The third kappa shape index (κ3) is 3.18. The summed E-state index contributed by atoms with van der Waals surface area (Å²) in [6, 6.07) is 5.97. The van der Waals surface area contributed by atoms with Gasteiger partial charge in [-0.3, -0.25) is 4.79 Å². The molecule has 0 spiro atoms. The van der Waals surface area contributed by atoms with Crippen LogP contribution in [0.15, 0.2) is 22.7 Å². The average molecular weight is 325 g/mol. The quantitative estimate of drug-likeness (QED) is 0.860. The maximum atomic E-state index is 12.5. The van der Waals surface area contributed by atoms with Gasteiger partial charge in [0, 0.05) is 17.6 Å². The van der Waals surface area contributed by atoms with E-state index in [0.717, 1.165) is 23.2 Å². The predicted octanol–water partition coefficient (Wildman–Crippen LogP) is 3.11. The molecule has 0 aromatic heterocycles. The van der Waals surface area contributed by atoms with E-state index in [4.69, 9.17) is 0 Å². The van der Waals surface area contributed by atoms with Crippen molar-refractivity contribution >= 4 is 27.5 Å². The molecule has 4 heteroatoms. The van der Waals surface area contributed by atoms with E-state index in [1.165, 1.54) is 5.56 Å². The first kappa shape index (κ1) is 14.5. The molecule has 1 unspecified atom stereocenters. The molecule has 1 aliphatic rings. The Morgan fingerprint density at radius 1 is 1.42 bits per heavy atom. The van der Waals surface area contributed by atoms with Crippen molar-refractivity contribution in [2.45, 2.75) is 33.7 Å². The predicted molar refractivity (Wildman–Crippen MR) is 82.5 cm³/mol. The second-order valence-electron chi connectivity index (χ2n) is 6.15. The summed E-state index contributed by atoms with van der Waals surface area (Å²) in [4.78, 5) is 14.4. The van der Waals surface area contributed by atoms with Gasteiger partial charge < -0.3 is 10.2 Å². The van der Waals surface area contributed by atoms with Gasteiger partial charge in [-0.1, -0.05) is 19.9 Å². The van der Waals surface area contributed by atoms with Crippen molar-refractivity contribution in [3.63, 3.8) is 0 Å². The van der Waals surface area contributed by atoms with E-state index in [1.54, 1.807) is 0 Å². The Labute approximate surface area is 123 Å². The summed E-state index contributed by atoms with van der Waals surface area (Å²) >= 11 is 3.58. The van der Waals surface area contributed by atoms with E-state index in [9.17, 15) is 4.79 Å². The van der Waals surface area contributed by atoms with E-state index < -0.39 is 0 Å². The zero-order chi connectivity index (χ0) is 14.2. The molecule has 1 aromatic rings. The average Bonchev–Trinajstić information content (AvgIpc) is 2.41. The number of carbonyl (C=O) groups is 1. The Kier molecular flexibility index (Phi) is 4.02. The fourth-order valence-electron chi connectivity index (χ4n) is 2.35. The monoisotopic (exact) mass is 324 g/mol. The topological polar surface area (TPSA) is 32.3 Å². The van der Waals surface area contributed by atoms with E-state index in [2.05, 4.69) is 41.2 Å². The molecule has 0 radical (unpaired) electrons. The second kappa shape index (κ2) is 5.25. The molecule has 1 aromatic carbocycles. The summed E-state index contributed by atoms with van der Waals surface area (Å²) in [5.41, 5.74) is 2.20. The minimum atomic E-state index is -0.144. The summed E-state index contributed by atoms with van der Waals surface area (Å²) in [5, 5.41) is 3.31. The van der Waals surface area contributed by atoms with Crippen molar-refractivity contribution in [3.8, 4) is 0 Å². The minimum Gasteiger partial charge on any atom is -0.309 e. The zero-order valence-corrected chi connectivity index (χ0v) is 13.5. The van der Waals surface area contributed by atoms with E-state index >= 15 is 0 Å². The van der Waals surface area contributed by atoms with Crippen molar-refractivity contribution < 1.29 is 4.79 Å². The van der Waals surface area contributed by atoms with Crippen LogP contribution in [-0.2, 0) is 4.79 Å². The summed E-state index contributed by atoms with van der Waals surface area (Å²) in [7, 11) is 0. The molecular formula is C15H21BrN2O. The van der Waals surface area contributed by atoms with E-state index in [1.807, 2.05) is 30.9 Å². The molecule has 1 atom stereocenters. The number of hydrogen-bond donors (Lipinski definition) is 1. The molecular weight excluding hydrogens is 304 g/mol. The number of carbonyl (C=O) groups excluding carboxylic acids is 1. The number of hydrogen-bond acceptors (Lipinski definition) is 2.